The van der Waals surface area contributed by atoms with Gasteiger partial charge in [-0.3, -0.25) is 0 Å². The highest BCUT2D eigenvalue weighted by Gasteiger charge is 2.46. The molecule has 1 aliphatic rings. The first-order chi connectivity index (χ1) is 16.1. The van der Waals surface area contributed by atoms with Crippen molar-refractivity contribution in [3.63, 3.8) is 0 Å². The third-order valence-corrected chi connectivity index (χ3v) is 7.95. The van der Waals surface area contributed by atoms with Crippen molar-refractivity contribution in [1.82, 2.24) is 4.90 Å². The van der Waals surface area contributed by atoms with Gasteiger partial charge in [0.2, 0.25) is 0 Å². The normalized spacial score (nSPS) is 17.0. The summed E-state index contributed by atoms with van der Waals surface area (Å²) in [6.45, 7) is 14.7. The Morgan fingerprint density at radius 2 is 1.53 bits per heavy atom. The highest BCUT2D eigenvalue weighted by molar-refractivity contribution is 8.04. The average molecular weight is 523 g/mol. The van der Waals surface area contributed by atoms with Gasteiger partial charge in [-0.25, -0.2) is 4.79 Å². The molecule has 0 spiro atoms. The van der Waals surface area contributed by atoms with Crippen molar-refractivity contribution in [3.8, 4) is 0 Å². The quantitative estimate of drug-likeness (QED) is 0.375. The van der Waals surface area contributed by atoms with Crippen LogP contribution in [0.2, 0.25) is 10.0 Å². The molecule has 0 amide bonds. The third kappa shape index (κ3) is 6.13. The van der Waals surface area contributed by atoms with Gasteiger partial charge in [-0.2, -0.15) is 0 Å². The highest BCUT2D eigenvalue weighted by Crippen LogP contribution is 2.53. The average Bonchev–Trinajstić information content (AvgIpc) is 3.16. The van der Waals surface area contributed by atoms with Crippen LogP contribution >= 0.6 is 35.0 Å². The summed E-state index contributed by atoms with van der Waals surface area (Å²) in [5, 5.41) is 11.5. The van der Waals surface area contributed by atoms with Crippen LogP contribution in [0.5, 0.6) is 0 Å². The Bertz CT molecular complexity index is 984. The van der Waals surface area contributed by atoms with Crippen molar-refractivity contribution in [3.05, 3.63) is 80.3 Å². The molecular formula is C28H37Cl2NO2S. The number of nitrogens with zero attached hydrogens (tertiary/aromatic N) is 1. The fourth-order valence-electron chi connectivity index (χ4n) is 4.60. The maximum atomic E-state index is 12.2. The number of allylic oxidation sites excluding steroid dienone is 1. The maximum Gasteiger partial charge on any atom is 0.344 e. The summed E-state index contributed by atoms with van der Waals surface area (Å²) in [5.74, 6) is -0.771. The lowest BCUT2D eigenvalue weighted by molar-refractivity contribution is -0.131. The number of halogens is 2. The second kappa shape index (κ2) is 12.4. The summed E-state index contributed by atoms with van der Waals surface area (Å²) < 4.78 is 0. The molecular weight excluding hydrogens is 485 g/mol. The number of benzene rings is 2. The van der Waals surface area contributed by atoms with Gasteiger partial charge in [0, 0.05) is 21.2 Å². The second-order valence-electron chi connectivity index (χ2n) is 9.13. The van der Waals surface area contributed by atoms with E-state index in [0.717, 1.165) is 29.7 Å². The van der Waals surface area contributed by atoms with E-state index in [2.05, 4.69) is 63.8 Å². The largest absolute Gasteiger partial charge is 0.477 e. The lowest BCUT2D eigenvalue weighted by atomic mass is 9.73. The monoisotopic (exact) mass is 521 g/mol. The molecule has 2 aromatic rings. The zero-order chi connectivity index (χ0) is 25.6. The van der Waals surface area contributed by atoms with E-state index in [1.807, 2.05) is 38.1 Å². The van der Waals surface area contributed by atoms with Gasteiger partial charge in [0.15, 0.2) is 0 Å². The SMILES string of the molecule is CC.CCCC1SC(C(=O)O)=C(C(C)C)N1[C@H](c1ccc(Cl)cc1)C(C)(C)c1ccc(Cl)cc1. The fraction of sp³-hybridized carbons (Fsp3) is 0.464. The molecule has 2 atom stereocenters. The molecule has 0 bridgehead atoms. The molecule has 0 saturated carbocycles. The minimum absolute atomic E-state index is 0.0516. The van der Waals surface area contributed by atoms with Gasteiger partial charge >= 0.3 is 5.97 Å². The minimum atomic E-state index is -0.846. The van der Waals surface area contributed by atoms with Crippen LogP contribution in [0, 0.1) is 5.92 Å². The van der Waals surface area contributed by atoms with Gasteiger partial charge in [-0.1, -0.05) is 114 Å². The molecule has 186 valence electrons. The summed E-state index contributed by atoms with van der Waals surface area (Å²) in [6, 6.07) is 15.8. The van der Waals surface area contributed by atoms with Crippen LogP contribution in [-0.4, -0.2) is 21.3 Å². The molecule has 6 heteroatoms. The lowest BCUT2D eigenvalue weighted by Gasteiger charge is -2.46. The van der Waals surface area contributed by atoms with Gasteiger partial charge in [0.25, 0.3) is 0 Å². The first-order valence-corrected chi connectivity index (χ1v) is 13.6. The van der Waals surface area contributed by atoms with Gasteiger partial charge in [-0.15, -0.1) is 0 Å². The van der Waals surface area contributed by atoms with Crippen molar-refractivity contribution in [2.45, 2.75) is 78.1 Å². The van der Waals surface area contributed by atoms with Crippen LogP contribution in [0.15, 0.2) is 59.1 Å². The van der Waals surface area contributed by atoms with Crippen molar-refractivity contribution < 1.29 is 9.90 Å². The van der Waals surface area contributed by atoms with Gasteiger partial charge in [-0.05, 0) is 47.7 Å². The van der Waals surface area contributed by atoms with E-state index in [1.54, 1.807) is 0 Å². The Labute approximate surface area is 219 Å². The number of thioether (sulfide) groups is 1. The molecule has 1 unspecified atom stereocenters. The van der Waals surface area contributed by atoms with Crippen LogP contribution in [-0.2, 0) is 10.2 Å². The number of carboxylic acids is 1. The van der Waals surface area contributed by atoms with E-state index in [-0.39, 0.29) is 22.7 Å². The van der Waals surface area contributed by atoms with Gasteiger partial charge in [0.05, 0.1) is 11.4 Å². The molecule has 2 aromatic carbocycles. The number of hydrogen-bond acceptors (Lipinski definition) is 3. The van der Waals surface area contributed by atoms with Crippen LogP contribution in [0.25, 0.3) is 0 Å². The molecule has 1 N–H and O–H groups in total. The molecule has 0 saturated heterocycles. The van der Waals surface area contributed by atoms with Crippen LogP contribution in [0.4, 0.5) is 0 Å². The van der Waals surface area contributed by atoms with Gasteiger partial charge < -0.3 is 10.0 Å². The van der Waals surface area contributed by atoms with Crippen molar-refractivity contribution in [2.24, 2.45) is 5.92 Å². The molecule has 0 aromatic heterocycles. The topological polar surface area (TPSA) is 40.5 Å². The zero-order valence-electron chi connectivity index (χ0n) is 21.2. The fourth-order valence-corrected chi connectivity index (χ4v) is 6.39. The predicted octanol–water partition coefficient (Wildman–Crippen LogP) is 9.17. The highest BCUT2D eigenvalue weighted by atomic mass is 35.5. The Hall–Kier alpha value is -1.62. The first-order valence-electron chi connectivity index (χ1n) is 12.0. The van der Waals surface area contributed by atoms with E-state index in [1.165, 1.54) is 11.8 Å². The summed E-state index contributed by atoms with van der Waals surface area (Å²) in [5.41, 5.74) is 2.83. The minimum Gasteiger partial charge on any atom is -0.477 e. The third-order valence-electron chi connectivity index (χ3n) is 6.09. The lowest BCUT2D eigenvalue weighted by Crippen LogP contribution is -2.43. The molecule has 3 rings (SSSR count). The summed E-state index contributed by atoms with van der Waals surface area (Å²) in [4.78, 5) is 15.1. The predicted molar refractivity (Wildman–Crippen MR) is 148 cm³/mol. The van der Waals surface area contributed by atoms with Crippen molar-refractivity contribution in [2.75, 3.05) is 0 Å². The van der Waals surface area contributed by atoms with Crippen LogP contribution in [0.1, 0.15) is 78.5 Å². The Morgan fingerprint density at radius 1 is 1.03 bits per heavy atom. The first kappa shape index (κ1) is 28.6. The summed E-state index contributed by atoms with van der Waals surface area (Å²) >= 11 is 13.9. The standard InChI is InChI=1S/C26H31Cl2NO2S.C2H6/c1-6-7-21-29(22(16(2)3)23(32-21)25(30)31)24(17-8-12-19(27)13-9-17)26(4,5)18-10-14-20(28)15-11-18;1-2/h8-16,21,24H,6-7H2,1-5H3,(H,30,31);1-2H3/t21?,24-;/m1./s1. The molecule has 0 aliphatic carbocycles. The van der Waals surface area contributed by atoms with E-state index in [4.69, 9.17) is 23.2 Å². The number of carbonyl (C=O) groups is 1. The van der Waals surface area contributed by atoms with Crippen molar-refractivity contribution >= 4 is 40.9 Å². The van der Waals surface area contributed by atoms with Gasteiger partial charge in [0.1, 0.15) is 4.91 Å². The molecule has 0 radical (unpaired) electrons. The Kier molecular flexibility index (Phi) is 10.4. The molecule has 1 aliphatic heterocycles. The number of rotatable bonds is 8. The number of carboxylic acid groups (broad SMARTS) is 1. The van der Waals surface area contributed by atoms with Crippen LogP contribution < -0.4 is 0 Å². The van der Waals surface area contributed by atoms with E-state index in [9.17, 15) is 9.90 Å². The zero-order valence-corrected chi connectivity index (χ0v) is 23.6. The molecule has 1 heterocycles. The summed E-state index contributed by atoms with van der Waals surface area (Å²) in [6.07, 6.45) is 1.87. The van der Waals surface area contributed by atoms with Crippen molar-refractivity contribution in [1.29, 1.82) is 0 Å². The van der Waals surface area contributed by atoms with Crippen LogP contribution in [0.3, 0.4) is 0 Å². The van der Waals surface area contributed by atoms with E-state index in [0.29, 0.717) is 15.0 Å². The molecule has 0 fully saturated rings. The number of hydrogen-bond donors (Lipinski definition) is 1. The smallest absolute Gasteiger partial charge is 0.344 e. The van der Waals surface area contributed by atoms with E-state index < -0.39 is 5.97 Å². The molecule has 34 heavy (non-hydrogen) atoms. The summed E-state index contributed by atoms with van der Waals surface area (Å²) in [7, 11) is 0. The van der Waals surface area contributed by atoms with E-state index >= 15 is 0 Å². The Balaban J connectivity index is 0.00000199. The second-order valence-corrected chi connectivity index (χ2v) is 11.2. The molecule has 3 nitrogen and oxygen atoms in total. The Morgan fingerprint density at radius 3 is 1.97 bits per heavy atom. The number of aliphatic carboxylic acids is 1. The maximum absolute atomic E-state index is 12.2.